The van der Waals surface area contributed by atoms with E-state index in [0.717, 1.165) is 49.3 Å². The number of amides is 1. The molecule has 26 heavy (non-hydrogen) atoms. The molecular formula is C17H24BrN4O4+. The summed E-state index contributed by atoms with van der Waals surface area (Å²) in [5, 5.41) is 8.31. The number of hydrogen-bond donors (Lipinski definition) is 1. The van der Waals surface area contributed by atoms with E-state index in [1.807, 2.05) is 6.07 Å². The number of likely N-dealkylation sites (N-methyl/N-ethyl adjacent to an activating group) is 1. The van der Waals surface area contributed by atoms with Crippen LogP contribution in [0.25, 0.3) is 11.0 Å². The van der Waals surface area contributed by atoms with Gasteiger partial charge in [0.2, 0.25) is 0 Å². The number of morpholine rings is 1. The Bertz CT molecular complexity index is 786. The van der Waals surface area contributed by atoms with Crippen molar-refractivity contribution < 1.29 is 23.3 Å². The topological polar surface area (TPSA) is 76.8 Å². The highest BCUT2D eigenvalue weighted by atomic mass is 79.9. The Morgan fingerprint density at radius 1 is 1.38 bits per heavy atom. The molecule has 2 aromatic rings. The lowest BCUT2D eigenvalue weighted by Crippen LogP contribution is -2.53. The van der Waals surface area contributed by atoms with Gasteiger partial charge in [-0.3, -0.25) is 0 Å². The summed E-state index contributed by atoms with van der Waals surface area (Å²) in [5.74, 6) is 1.08. The Balaban J connectivity index is 1.68. The zero-order valence-corrected chi connectivity index (χ0v) is 16.8. The third-order valence-electron chi connectivity index (χ3n) is 4.60. The molecule has 1 N–H and O–H groups in total. The van der Waals surface area contributed by atoms with Crippen LogP contribution in [0.4, 0.5) is 10.6 Å². The normalized spacial score (nSPS) is 16.5. The monoisotopic (exact) mass is 427 g/mol. The second kappa shape index (κ2) is 7.81. The Hall–Kier alpha value is -1.84. The van der Waals surface area contributed by atoms with Gasteiger partial charge in [-0.25, -0.2) is 4.79 Å². The summed E-state index contributed by atoms with van der Waals surface area (Å²) in [5.41, 5.74) is 0.545. The summed E-state index contributed by atoms with van der Waals surface area (Å²) in [6.45, 7) is 5.43. The van der Waals surface area contributed by atoms with E-state index in [4.69, 9.17) is 14.0 Å². The number of nitrogens with zero attached hydrogens (tertiary/aromatic N) is 3. The first-order valence-corrected chi connectivity index (χ1v) is 9.31. The molecule has 0 saturated carbocycles. The van der Waals surface area contributed by atoms with E-state index in [2.05, 4.69) is 33.5 Å². The average molecular weight is 428 g/mol. The summed E-state index contributed by atoms with van der Waals surface area (Å²) in [7, 11) is 5.50. The lowest BCUT2D eigenvalue weighted by atomic mass is 10.2. The van der Waals surface area contributed by atoms with Crippen LogP contribution in [-0.2, 0) is 4.74 Å². The SMILES string of the molecule is CN(C)C(=O)Oc1ccc2c(NCC[N+]3(C)CCOCC3)noc2c1Br. The summed E-state index contributed by atoms with van der Waals surface area (Å²) >= 11 is 3.44. The zero-order valence-electron chi connectivity index (χ0n) is 15.2. The summed E-state index contributed by atoms with van der Waals surface area (Å²) in [6, 6.07) is 3.56. The smallest absolute Gasteiger partial charge is 0.409 e. The molecule has 8 nitrogen and oxygen atoms in total. The Kier molecular flexibility index (Phi) is 5.69. The number of ether oxygens (including phenoxy) is 2. The molecule has 142 valence electrons. The maximum Gasteiger partial charge on any atom is 0.414 e. The molecule has 0 unspecified atom stereocenters. The summed E-state index contributed by atoms with van der Waals surface area (Å²) in [6.07, 6.45) is -0.453. The van der Waals surface area contributed by atoms with Gasteiger partial charge in [0.25, 0.3) is 0 Å². The van der Waals surface area contributed by atoms with Gasteiger partial charge in [0.05, 0.1) is 38.7 Å². The van der Waals surface area contributed by atoms with E-state index in [1.54, 1.807) is 20.2 Å². The third-order valence-corrected chi connectivity index (χ3v) is 5.35. The van der Waals surface area contributed by atoms with Crippen LogP contribution in [0.15, 0.2) is 21.1 Å². The Morgan fingerprint density at radius 3 is 2.81 bits per heavy atom. The second-order valence-electron chi connectivity index (χ2n) is 6.88. The van der Waals surface area contributed by atoms with Gasteiger partial charge in [-0.15, -0.1) is 0 Å². The first-order valence-electron chi connectivity index (χ1n) is 8.52. The molecule has 1 aromatic carbocycles. The highest BCUT2D eigenvalue weighted by Gasteiger charge is 2.25. The fraction of sp³-hybridized carbons (Fsp3) is 0.529. The predicted octanol–water partition coefficient (Wildman–Crippen LogP) is 2.54. The van der Waals surface area contributed by atoms with Crippen molar-refractivity contribution in [2.75, 3.05) is 65.9 Å². The van der Waals surface area contributed by atoms with E-state index in [1.165, 1.54) is 4.90 Å². The standard InChI is InChI=1S/C17H24BrN4O4/c1-21(2)17(23)25-13-5-4-12-15(14(13)18)26-20-16(12)19-6-7-22(3)8-10-24-11-9-22/h4-5H,6-11H2,1-3H3,(H,19,20)/q+1. The van der Waals surface area contributed by atoms with Crippen LogP contribution in [0.5, 0.6) is 5.75 Å². The Labute approximate surface area is 160 Å². The van der Waals surface area contributed by atoms with E-state index < -0.39 is 6.09 Å². The minimum atomic E-state index is -0.453. The molecule has 1 saturated heterocycles. The quantitative estimate of drug-likeness (QED) is 0.738. The first kappa shape index (κ1) is 18.9. The average Bonchev–Trinajstić information content (AvgIpc) is 3.01. The number of nitrogens with one attached hydrogen (secondary N) is 1. The Morgan fingerprint density at radius 2 is 2.12 bits per heavy atom. The molecule has 2 heterocycles. The van der Waals surface area contributed by atoms with Gasteiger partial charge in [0, 0.05) is 14.1 Å². The molecule has 0 spiro atoms. The molecule has 1 aliphatic rings. The van der Waals surface area contributed by atoms with Crippen LogP contribution in [-0.4, -0.2) is 81.2 Å². The highest BCUT2D eigenvalue weighted by Crippen LogP contribution is 2.36. The molecule has 0 bridgehead atoms. The molecule has 0 radical (unpaired) electrons. The van der Waals surface area contributed by atoms with Crippen LogP contribution in [0.1, 0.15) is 0 Å². The van der Waals surface area contributed by atoms with Crippen molar-refractivity contribution >= 4 is 38.8 Å². The lowest BCUT2D eigenvalue weighted by molar-refractivity contribution is -0.915. The fourth-order valence-electron chi connectivity index (χ4n) is 2.80. The summed E-state index contributed by atoms with van der Waals surface area (Å²) < 4.78 is 17.7. The largest absolute Gasteiger partial charge is 0.414 e. The van der Waals surface area contributed by atoms with Crippen molar-refractivity contribution in [1.29, 1.82) is 0 Å². The van der Waals surface area contributed by atoms with Crippen molar-refractivity contribution in [3.63, 3.8) is 0 Å². The van der Waals surface area contributed by atoms with Crippen molar-refractivity contribution in [3.8, 4) is 5.75 Å². The van der Waals surface area contributed by atoms with Crippen LogP contribution < -0.4 is 10.1 Å². The maximum absolute atomic E-state index is 11.7. The molecule has 0 aliphatic carbocycles. The lowest BCUT2D eigenvalue weighted by Gasteiger charge is -2.37. The number of fused-ring (bicyclic) bond motifs is 1. The molecule has 1 amide bonds. The predicted molar refractivity (Wildman–Crippen MR) is 102 cm³/mol. The van der Waals surface area contributed by atoms with Crippen LogP contribution in [0.2, 0.25) is 0 Å². The number of rotatable bonds is 5. The van der Waals surface area contributed by atoms with Gasteiger partial charge in [0.15, 0.2) is 17.2 Å². The van der Waals surface area contributed by atoms with Crippen molar-refractivity contribution in [2.45, 2.75) is 0 Å². The number of carbonyl (C=O) groups excluding carboxylic acids is 1. The van der Waals surface area contributed by atoms with Gasteiger partial charge >= 0.3 is 6.09 Å². The van der Waals surface area contributed by atoms with E-state index in [9.17, 15) is 4.79 Å². The number of aromatic nitrogens is 1. The van der Waals surface area contributed by atoms with Crippen molar-refractivity contribution in [2.24, 2.45) is 0 Å². The number of anilines is 1. The molecule has 9 heteroatoms. The van der Waals surface area contributed by atoms with Gasteiger partial charge < -0.3 is 28.7 Å². The number of carbonyl (C=O) groups is 1. The van der Waals surface area contributed by atoms with E-state index in [0.29, 0.717) is 21.6 Å². The van der Waals surface area contributed by atoms with Crippen molar-refractivity contribution in [1.82, 2.24) is 10.1 Å². The summed E-state index contributed by atoms with van der Waals surface area (Å²) in [4.78, 5) is 13.1. The van der Waals surface area contributed by atoms with E-state index in [-0.39, 0.29) is 0 Å². The zero-order chi connectivity index (χ0) is 18.7. The van der Waals surface area contributed by atoms with Gasteiger partial charge in [-0.2, -0.15) is 0 Å². The van der Waals surface area contributed by atoms with Crippen molar-refractivity contribution in [3.05, 3.63) is 16.6 Å². The van der Waals surface area contributed by atoms with Gasteiger partial charge in [0.1, 0.15) is 17.6 Å². The molecule has 1 fully saturated rings. The first-order chi connectivity index (χ1) is 12.4. The van der Waals surface area contributed by atoms with Crippen LogP contribution in [0, 0.1) is 0 Å². The van der Waals surface area contributed by atoms with Crippen LogP contribution in [0.3, 0.4) is 0 Å². The second-order valence-corrected chi connectivity index (χ2v) is 7.67. The maximum atomic E-state index is 11.7. The molecule has 0 atom stereocenters. The fourth-order valence-corrected chi connectivity index (χ4v) is 3.30. The van der Waals surface area contributed by atoms with Crippen LogP contribution >= 0.6 is 15.9 Å². The number of hydrogen-bond acceptors (Lipinski definition) is 6. The highest BCUT2D eigenvalue weighted by molar-refractivity contribution is 9.10. The minimum Gasteiger partial charge on any atom is -0.409 e. The molecule has 1 aromatic heterocycles. The number of halogens is 1. The number of benzene rings is 1. The molecular weight excluding hydrogens is 404 g/mol. The third kappa shape index (κ3) is 4.11. The van der Waals surface area contributed by atoms with E-state index >= 15 is 0 Å². The number of quaternary nitrogens is 1. The van der Waals surface area contributed by atoms with Gasteiger partial charge in [-0.05, 0) is 28.1 Å². The minimum absolute atomic E-state index is 0.394. The molecule has 1 aliphatic heterocycles. The van der Waals surface area contributed by atoms with Gasteiger partial charge in [-0.1, -0.05) is 5.16 Å². The molecule has 3 rings (SSSR count).